The summed E-state index contributed by atoms with van der Waals surface area (Å²) < 4.78 is 0. The fraction of sp³-hybridized carbons (Fsp3) is 0.600. The third kappa shape index (κ3) is 4.52. The summed E-state index contributed by atoms with van der Waals surface area (Å²) in [5.41, 5.74) is 6.87. The molecular weight excluding hydrogens is 376 g/mol. The second-order valence-electron chi connectivity index (χ2n) is 7.58. The molecule has 4 rings (SSSR count). The molecule has 2 fully saturated rings. The van der Waals surface area contributed by atoms with Gasteiger partial charge in [-0.3, -0.25) is 4.79 Å². The Morgan fingerprint density at radius 2 is 2.00 bits per heavy atom. The van der Waals surface area contributed by atoms with Crippen LogP contribution in [-0.2, 0) is 11.2 Å². The fourth-order valence-electron chi connectivity index (χ4n) is 4.29. The van der Waals surface area contributed by atoms with Crippen molar-refractivity contribution in [3.05, 3.63) is 22.4 Å². The van der Waals surface area contributed by atoms with E-state index in [4.69, 9.17) is 5.73 Å². The first-order valence-electron chi connectivity index (χ1n) is 10.0. The van der Waals surface area contributed by atoms with E-state index in [1.54, 1.807) is 11.3 Å². The number of thiophene rings is 1. The number of carbonyl (C=O) groups is 1. The number of hydrogen-bond acceptors (Lipinski definition) is 6. The number of likely N-dealkylation sites (tertiary alicyclic amines) is 2. The van der Waals surface area contributed by atoms with Gasteiger partial charge < -0.3 is 15.5 Å². The van der Waals surface area contributed by atoms with Crippen LogP contribution in [0.3, 0.4) is 0 Å². The molecule has 4 heterocycles. The minimum Gasteiger partial charge on any atom is -0.375 e. The zero-order chi connectivity index (χ0) is 18.6. The zero-order valence-corrected chi connectivity index (χ0v) is 17.4. The summed E-state index contributed by atoms with van der Waals surface area (Å²) in [6.07, 6.45) is 7.84. The first kappa shape index (κ1) is 18.9. The standard InChI is InChI=1S/C20H28N4OS2/c21-20-22-19(16-8-6-12-26-16)17(27-20)13-18(25)24-11-5-2-7-15(24)14-23-9-3-1-4-10-23/h6,8,12,15H,1-5,7,9-11,13-14H2,(H2,21,22)/t15-/m1/s1. The van der Waals surface area contributed by atoms with Crippen LogP contribution in [0.4, 0.5) is 5.13 Å². The van der Waals surface area contributed by atoms with Crippen LogP contribution in [-0.4, -0.2) is 52.9 Å². The molecule has 0 saturated carbocycles. The van der Waals surface area contributed by atoms with Gasteiger partial charge in [0.2, 0.25) is 5.91 Å². The number of nitrogens with zero attached hydrogens (tertiary/aromatic N) is 3. The highest BCUT2D eigenvalue weighted by atomic mass is 32.1. The largest absolute Gasteiger partial charge is 0.375 e. The number of thiazole rings is 1. The van der Waals surface area contributed by atoms with Crippen molar-refractivity contribution in [3.63, 3.8) is 0 Å². The molecule has 2 aliphatic heterocycles. The minimum atomic E-state index is 0.234. The SMILES string of the molecule is Nc1nc(-c2cccs2)c(CC(=O)N2CCCC[C@@H]2CN2CCCCC2)s1. The van der Waals surface area contributed by atoms with E-state index in [9.17, 15) is 4.79 Å². The van der Waals surface area contributed by atoms with E-state index in [1.165, 1.54) is 50.1 Å². The van der Waals surface area contributed by atoms with Gasteiger partial charge in [-0.2, -0.15) is 0 Å². The van der Waals surface area contributed by atoms with Crippen LogP contribution in [0, 0.1) is 0 Å². The Hall–Kier alpha value is -1.44. The Morgan fingerprint density at radius 1 is 1.19 bits per heavy atom. The molecule has 27 heavy (non-hydrogen) atoms. The molecular formula is C20H28N4OS2. The summed E-state index contributed by atoms with van der Waals surface area (Å²) in [4.78, 5) is 24.5. The van der Waals surface area contributed by atoms with Gasteiger partial charge in [-0.05, 0) is 56.6 Å². The van der Waals surface area contributed by atoms with E-state index >= 15 is 0 Å². The molecule has 2 aromatic heterocycles. The highest BCUT2D eigenvalue weighted by Crippen LogP contribution is 2.33. The number of hydrogen-bond donors (Lipinski definition) is 1. The van der Waals surface area contributed by atoms with Gasteiger partial charge in [0, 0.05) is 24.0 Å². The number of nitrogens with two attached hydrogens (primary N) is 1. The minimum absolute atomic E-state index is 0.234. The predicted octanol–water partition coefficient (Wildman–Crippen LogP) is 3.86. The molecule has 146 valence electrons. The summed E-state index contributed by atoms with van der Waals surface area (Å²) >= 11 is 3.10. The van der Waals surface area contributed by atoms with Crippen molar-refractivity contribution >= 4 is 33.7 Å². The van der Waals surface area contributed by atoms with Crippen molar-refractivity contribution in [2.75, 3.05) is 31.9 Å². The predicted molar refractivity (Wildman–Crippen MR) is 113 cm³/mol. The second-order valence-corrected chi connectivity index (χ2v) is 9.64. The highest BCUT2D eigenvalue weighted by Gasteiger charge is 2.29. The maximum absolute atomic E-state index is 13.2. The maximum Gasteiger partial charge on any atom is 0.228 e. The van der Waals surface area contributed by atoms with Crippen molar-refractivity contribution in [2.45, 2.75) is 51.0 Å². The third-order valence-electron chi connectivity index (χ3n) is 5.65. The van der Waals surface area contributed by atoms with Crippen LogP contribution in [0.5, 0.6) is 0 Å². The van der Waals surface area contributed by atoms with Crippen molar-refractivity contribution in [3.8, 4) is 10.6 Å². The number of anilines is 1. The highest BCUT2D eigenvalue weighted by molar-refractivity contribution is 7.17. The molecule has 2 N–H and O–H groups in total. The molecule has 7 heteroatoms. The molecule has 5 nitrogen and oxygen atoms in total. The normalized spacial score (nSPS) is 21.5. The maximum atomic E-state index is 13.2. The average Bonchev–Trinajstić information content (AvgIpc) is 3.32. The molecule has 0 aromatic carbocycles. The smallest absolute Gasteiger partial charge is 0.228 e. The van der Waals surface area contributed by atoms with Crippen LogP contribution in [0.15, 0.2) is 17.5 Å². The number of rotatable bonds is 5. The van der Waals surface area contributed by atoms with E-state index in [2.05, 4.69) is 14.8 Å². The topological polar surface area (TPSA) is 62.5 Å². The monoisotopic (exact) mass is 404 g/mol. The Labute approximate surface area is 169 Å². The molecule has 1 atom stereocenters. The number of aromatic nitrogens is 1. The summed E-state index contributed by atoms with van der Waals surface area (Å²) in [6.45, 7) is 4.30. The van der Waals surface area contributed by atoms with Crippen LogP contribution in [0.25, 0.3) is 10.6 Å². The van der Waals surface area contributed by atoms with E-state index in [0.29, 0.717) is 17.6 Å². The summed E-state index contributed by atoms with van der Waals surface area (Å²) in [5.74, 6) is 0.234. The molecule has 0 radical (unpaired) electrons. The lowest BCUT2D eigenvalue weighted by Gasteiger charge is -2.39. The lowest BCUT2D eigenvalue weighted by Crippen LogP contribution is -2.50. The molecule has 2 saturated heterocycles. The van der Waals surface area contributed by atoms with Gasteiger partial charge in [-0.25, -0.2) is 4.98 Å². The average molecular weight is 405 g/mol. The fourth-order valence-corrected chi connectivity index (χ4v) is 5.94. The molecule has 2 aliphatic rings. The summed E-state index contributed by atoms with van der Waals surface area (Å²) in [5, 5.41) is 2.58. The van der Waals surface area contributed by atoms with Gasteiger partial charge in [0.15, 0.2) is 5.13 Å². The van der Waals surface area contributed by atoms with Crippen LogP contribution in [0.1, 0.15) is 43.4 Å². The zero-order valence-electron chi connectivity index (χ0n) is 15.7. The van der Waals surface area contributed by atoms with Gasteiger partial charge in [-0.15, -0.1) is 22.7 Å². The molecule has 0 bridgehead atoms. The molecule has 0 unspecified atom stereocenters. The Balaban J connectivity index is 1.46. The van der Waals surface area contributed by atoms with Crippen LogP contribution >= 0.6 is 22.7 Å². The second kappa shape index (κ2) is 8.71. The van der Waals surface area contributed by atoms with Gasteiger partial charge in [0.1, 0.15) is 0 Å². The Morgan fingerprint density at radius 3 is 2.78 bits per heavy atom. The summed E-state index contributed by atoms with van der Waals surface area (Å²) in [6, 6.07) is 4.42. The van der Waals surface area contributed by atoms with Gasteiger partial charge in [-0.1, -0.05) is 12.5 Å². The number of carbonyl (C=O) groups excluding carboxylic acids is 1. The molecule has 0 spiro atoms. The van der Waals surface area contributed by atoms with E-state index < -0.39 is 0 Å². The van der Waals surface area contributed by atoms with E-state index in [-0.39, 0.29) is 5.91 Å². The van der Waals surface area contributed by atoms with E-state index in [0.717, 1.165) is 41.4 Å². The molecule has 0 aliphatic carbocycles. The van der Waals surface area contributed by atoms with Crippen molar-refractivity contribution in [2.24, 2.45) is 0 Å². The number of nitrogen functional groups attached to an aromatic ring is 1. The van der Waals surface area contributed by atoms with Gasteiger partial charge >= 0.3 is 0 Å². The first-order valence-corrected chi connectivity index (χ1v) is 11.7. The van der Waals surface area contributed by atoms with Crippen molar-refractivity contribution in [1.82, 2.24) is 14.8 Å². The number of piperidine rings is 2. The lowest BCUT2D eigenvalue weighted by molar-refractivity contribution is -0.134. The Kier molecular flexibility index (Phi) is 6.10. The first-order chi connectivity index (χ1) is 13.2. The number of amides is 1. The quantitative estimate of drug-likeness (QED) is 0.822. The summed E-state index contributed by atoms with van der Waals surface area (Å²) in [7, 11) is 0. The van der Waals surface area contributed by atoms with Crippen molar-refractivity contribution in [1.29, 1.82) is 0 Å². The third-order valence-corrected chi connectivity index (χ3v) is 7.41. The van der Waals surface area contributed by atoms with Gasteiger partial charge in [0.05, 0.1) is 17.0 Å². The van der Waals surface area contributed by atoms with Crippen LogP contribution < -0.4 is 5.73 Å². The van der Waals surface area contributed by atoms with Crippen molar-refractivity contribution < 1.29 is 4.79 Å². The molecule has 2 aromatic rings. The lowest BCUT2D eigenvalue weighted by atomic mass is 9.99. The van der Waals surface area contributed by atoms with E-state index in [1.807, 2.05) is 17.5 Å². The van der Waals surface area contributed by atoms with Gasteiger partial charge in [0.25, 0.3) is 0 Å². The molecule has 1 amide bonds. The van der Waals surface area contributed by atoms with Crippen LogP contribution in [0.2, 0.25) is 0 Å². The Bertz CT molecular complexity index is 752.